The van der Waals surface area contributed by atoms with Crippen LogP contribution < -0.4 is 10.6 Å². The third kappa shape index (κ3) is 3.73. The van der Waals surface area contributed by atoms with E-state index in [-0.39, 0.29) is 18.7 Å². The lowest BCUT2D eigenvalue weighted by Crippen LogP contribution is -2.49. The highest BCUT2D eigenvalue weighted by Gasteiger charge is 2.30. The summed E-state index contributed by atoms with van der Waals surface area (Å²) in [5.74, 6) is -2.38. The van der Waals surface area contributed by atoms with Crippen molar-refractivity contribution in [3.8, 4) is 6.07 Å². The number of nitrogens with zero attached hydrogens (tertiary/aromatic N) is 1. The molecule has 0 aliphatic carbocycles. The van der Waals surface area contributed by atoms with Crippen LogP contribution in [0.15, 0.2) is 0 Å². The van der Waals surface area contributed by atoms with Gasteiger partial charge in [0.2, 0.25) is 11.8 Å². The Morgan fingerprint density at radius 1 is 1.67 bits per heavy atom. The van der Waals surface area contributed by atoms with Crippen molar-refractivity contribution in [1.82, 2.24) is 10.6 Å². The van der Waals surface area contributed by atoms with Gasteiger partial charge >= 0.3 is 5.97 Å². The van der Waals surface area contributed by atoms with E-state index in [0.717, 1.165) is 0 Å². The summed E-state index contributed by atoms with van der Waals surface area (Å²) in [5.41, 5.74) is 0. The molecule has 1 rings (SSSR count). The van der Waals surface area contributed by atoms with Gasteiger partial charge in [-0.25, -0.2) is 4.79 Å². The molecular formula is C11H15N3O4. The number of carboxylic acid groups (broad SMARTS) is 1. The normalized spacial score (nSPS) is 21.6. The lowest BCUT2D eigenvalue weighted by molar-refractivity contribution is -0.142. The van der Waals surface area contributed by atoms with E-state index in [2.05, 4.69) is 10.6 Å². The highest BCUT2D eigenvalue weighted by atomic mass is 16.4. The minimum Gasteiger partial charge on any atom is -0.480 e. The van der Waals surface area contributed by atoms with E-state index in [0.29, 0.717) is 6.42 Å². The van der Waals surface area contributed by atoms with Gasteiger partial charge in [-0.05, 0) is 19.8 Å². The maximum atomic E-state index is 11.7. The van der Waals surface area contributed by atoms with Crippen molar-refractivity contribution in [3.05, 3.63) is 0 Å². The molecule has 0 aromatic heterocycles. The molecule has 0 radical (unpaired) electrons. The Morgan fingerprint density at radius 2 is 2.33 bits per heavy atom. The lowest BCUT2D eigenvalue weighted by Gasteiger charge is -2.18. The van der Waals surface area contributed by atoms with Gasteiger partial charge in [-0.3, -0.25) is 9.59 Å². The van der Waals surface area contributed by atoms with Crippen molar-refractivity contribution in [2.45, 2.75) is 38.3 Å². The van der Waals surface area contributed by atoms with Crippen molar-refractivity contribution in [2.24, 2.45) is 5.92 Å². The van der Waals surface area contributed by atoms with Gasteiger partial charge in [0.1, 0.15) is 12.1 Å². The van der Waals surface area contributed by atoms with Crippen LogP contribution in [0.1, 0.15) is 26.2 Å². The first-order valence-corrected chi connectivity index (χ1v) is 5.66. The Hall–Kier alpha value is -2.10. The number of hydrogen-bond donors (Lipinski definition) is 3. The number of nitriles is 1. The highest BCUT2D eigenvalue weighted by molar-refractivity contribution is 5.92. The fraction of sp³-hybridized carbons (Fsp3) is 0.636. The molecular weight excluding hydrogens is 238 g/mol. The minimum absolute atomic E-state index is 0.0399. The van der Waals surface area contributed by atoms with E-state index in [9.17, 15) is 14.4 Å². The molecule has 0 spiro atoms. The van der Waals surface area contributed by atoms with E-state index in [4.69, 9.17) is 10.4 Å². The standard InChI is InChI=1S/C11H15N3O4/c1-6(5-12)4-8(11(17)18)14-10(16)7-2-3-9(15)13-7/h6-8H,2-4H2,1H3,(H,13,15)(H,14,16)(H,17,18)/t6-,7-,8-/m0/s1. The molecule has 3 atom stereocenters. The summed E-state index contributed by atoms with van der Waals surface area (Å²) in [5, 5.41) is 22.4. The van der Waals surface area contributed by atoms with Crippen LogP contribution in [-0.4, -0.2) is 35.0 Å². The van der Waals surface area contributed by atoms with Gasteiger partial charge in [0.15, 0.2) is 0 Å². The number of amides is 2. The first-order valence-electron chi connectivity index (χ1n) is 5.66. The van der Waals surface area contributed by atoms with Crippen LogP contribution in [0.25, 0.3) is 0 Å². The topological polar surface area (TPSA) is 119 Å². The van der Waals surface area contributed by atoms with Gasteiger partial charge in [-0.1, -0.05) is 0 Å². The lowest BCUT2D eigenvalue weighted by atomic mass is 10.0. The molecule has 0 saturated carbocycles. The van der Waals surface area contributed by atoms with Gasteiger partial charge < -0.3 is 15.7 Å². The van der Waals surface area contributed by atoms with Gasteiger partial charge in [-0.15, -0.1) is 0 Å². The van der Waals surface area contributed by atoms with Gasteiger partial charge in [-0.2, -0.15) is 5.26 Å². The fourth-order valence-electron chi connectivity index (χ4n) is 1.71. The molecule has 0 aromatic carbocycles. The zero-order valence-electron chi connectivity index (χ0n) is 9.97. The smallest absolute Gasteiger partial charge is 0.326 e. The molecule has 0 bridgehead atoms. The number of aliphatic carboxylic acids is 1. The molecule has 7 nitrogen and oxygen atoms in total. The molecule has 98 valence electrons. The molecule has 2 amide bonds. The molecule has 1 heterocycles. The summed E-state index contributed by atoms with van der Waals surface area (Å²) >= 11 is 0. The van der Waals surface area contributed by atoms with Gasteiger partial charge in [0, 0.05) is 12.3 Å². The van der Waals surface area contributed by atoms with Crippen molar-refractivity contribution in [3.63, 3.8) is 0 Å². The van der Waals surface area contributed by atoms with Crippen LogP contribution in [0.4, 0.5) is 0 Å². The quantitative estimate of drug-likeness (QED) is 0.603. The number of carbonyl (C=O) groups is 3. The predicted octanol–water partition coefficient (Wildman–Crippen LogP) is -0.616. The number of nitrogens with one attached hydrogen (secondary N) is 2. The average Bonchev–Trinajstić information content (AvgIpc) is 2.74. The first-order chi connectivity index (χ1) is 8.43. The molecule has 1 aliphatic heterocycles. The summed E-state index contributed by atoms with van der Waals surface area (Å²) in [4.78, 5) is 33.6. The molecule has 1 fully saturated rings. The predicted molar refractivity (Wildman–Crippen MR) is 60.1 cm³/mol. The molecule has 1 saturated heterocycles. The van der Waals surface area contributed by atoms with E-state index >= 15 is 0 Å². The number of carbonyl (C=O) groups excluding carboxylic acids is 2. The average molecular weight is 253 g/mol. The minimum atomic E-state index is -1.19. The van der Waals surface area contributed by atoms with E-state index < -0.39 is 29.9 Å². The van der Waals surface area contributed by atoms with Crippen molar-refractivity contribution in [1.29, 1.82) is 5.26 Å². The molecule has 1 aliphatic rings. The number of carboxylic acids is 1. The van der Waals surface area contributed by atoms with Crippen LogP contribution >= 0.6 is 0 Å². The van der Waals surface area contributed by atoms with E-state index in [1.807, 2.05) is 6.07 Å². The zero-order chi connectivity index (χ0) is 13.7. The fourth-order valence-corrected chi connectivity index (χ4v) is 1.71. The maximum Gasteiger partial charge on any atom is 0.326 e. The summed E-state index contributed by atoms with van der Waals surface area (Å²) in [6.07, 6.45) is 0.674. The zero-order valence-corrected chi connectivity index (χ0v) is 9.97. The summed E-state index contributed by atoms with van der Waals surface area (Å²) in [6, 6.07) is 0.139. The third-order valence-corrected chi connectivity index (χ3v) is 2.74. The molecule has 0 unspecified atom stereocenters. The number of rotatable bonds is 5. The van der Waals surface area contributed by atoms with Gasteiger partial charge in [0.25, 0.3) is 0 Å². The molecule has 7 heteroatoms. The Labute approximate surface area is 104 Å². The second kappa shape index (κ2) is 6.00. The second-order valence-corrected chi connectivity index (χ2v) is 4.32. The van der Waals surface area contributed by atoms with Crippen LogP contribution in [0.3, 0.4) is 0 Å². The molecule has 0 aromatic rings. The Balaban J connectivity index is 2.56. The van der Waals surface area contributed by atoms with Crippen LogP contribution in [0.2, 0.25) is 0 Å². The van der Waals surface area contributed by atoms with Crippen LogP contribution in [-0.2, 0) is 14.4 Å². The third-order valence-electron chi connectivity index (χ3n) is 2.74. The number of hydrogen-bond acceptors (Lipinski definition) is 4. The Kier molecular flexibility index (Phi) is 4.66. The monoisotopic (exact) mass is 253 g/mol. The summed E-state index contributed by atoms with van der Waals surface area (Å²) in [6.45, 7) is 1.58. The summed E-state index contributed by atoms with van der Waals surface area (Å²) in [7, 11) is 0. The summed E-state index contributed by atoms with van der Waals surface area (Å²) < 4.78 is 0. The van der Waals surface area contributed by atoms with E-state index in [1.54, 1.807) is 6.92 Å². The second-order valence-electron chi connectivity index (χ2n) is 4.32. The molecule has 18 heavy (non-hydrogen) atoms. The SMILES string of the molecule is C[C@H](C#N)C[C@H](NC(=O)[C@@H]1CCC(=O)N1)C(=O)O. The Morgan fingerprint density at radius 3 is 2.78 bits per heavy atom. The largest absolute Gasteiger partial charge is 0.480 e. The van der Waals surface area contributed by atoms with Gasteiger partial charge in [0.05, 0.1) is 6.07 Å². The van der Waals surface area contributed by atoms with Crippen LogP contribution in [0, 0.1) is 17.2 Å². The molecule has 3 N–H and O–H groups in total. The maximum absolute atomic E-state index is 11.7. The van der Waals surface area contributed by atoms with Crippen LogP contribution in [0.5, 0.6) is 0 Å². The highest BCUT2D eigenvalue weighted by Crippen LogP contribution is 2.09. The van der Waals surface area contributed by atoms with E-state index in [1.165, 1.54) is 0 Å². The first kappa shape index (κ1) is 14.0. The Bertz CT molecular complexity index is 402. The van der Waals surface area contributed by atoms with Crippen molar-refractivity contribution < 1.29 is 19.5 Å². The van der Waals surface area contributed by atoms with Crippen molar-refractivity contribution in [2.75, 3.05) is 0 Å². The van der Waals surface area contributed by atoms with Crippen molar-refractivity contribution >= 4 is 17.8 Å².